The van der Waals surface area contributed by atoms with Crippen molar-refractivity contribution in [2.75, 3.05) is 12.3 Å². The molecule has 0 fully saturated rings. The molecule has 0 aliphatic rings. The van der Waals surface area contributed by atoms with E-state index in [1.165, 1.54) is 0 Å². The van der Waals surface area contributed by atoms with Gasteiger partial charge < -0.3 is 5.32 Å². The molecule has 0 spiro atoms. The third kappa shape index (κ3) is 5.10. The van der Waals surface area contributed by atoms with E-state index < -0.39 is 10.8 Å². The fraction of sp³-hybridized carbons (Fsp3) is 0.500. The molecule has 0 saturated heterocycles. The van der Waals surface area contributed by atoms with Crippen LogP contribution in [0.5, 0.6) is 0 Å². The van der Waals surface area contributed by atoms with Gasteiger partial charge in [0.15, 0.2) is 0 Å². The normalized spacial score (nSPS) is 13.8. The van der Waals surface area contributed by atoms with Gasteiger partial charge in [-0.2, -0.15) is 0 Å². The molecular formula is C12H18ClNOS. The van der Waals surface area contributed by atoms with Crippen molar-refractivity contribution in [3.05, 3.63) is 29.3 Å². The summed E-state index contributed by atoms with van der Waals surface area (Å²) in [6, 6.07) is 7.17. The van der Waals surface area contributed by atoms with Crippen LogP contribution in [0.2, 0.25) is 5.02 Å². The molecule has 0 saturated carbocycles. The molecule has 0 aliphatic carbocycles. The van der Waals surface area contributed by atoms with E-state index in [-0.39, 0.29) is 5.54 Å². The Balaban J connectivity index is 2.44. The SMILES string of the molecule is CC(C)(C)NCCS(=O)c1ccc(Cl)cc1. The maximum atomic E-state index is 11.9. The Morgan fingerprint density at radius 1 is 1.25 bits per heavy atom. The lowest BCUT2D eigenvalue weighted by Gasteiger charge is -2.20. The molecule has 16 heavy (non-hydrogen) atoms. The number of hydrogen-bond donors (Lipinski definition) is 1. The van der Waals surface area contributed by atoms with E-state index >= 15 is 0 Å². The molecule has 1 unspecified atom stereocenters. The predicted molar refractivity (Wildman–Crippen MR) is 70.5 cm³/mol. The fourth-order valence-corrected chi connectivity index (χ4v) is 2.31. The highest BCUT2D eigenvalue weighted by molar-refractivity contribution is 7.85. The summed E-state index contributed by atoms with van der Waals surface area (Å²) in [5.41, 5.74) is 0.0736. The Morgan fingerprint density at radius 3 is 2.31 bits per heavy atom. The van der Waals surface area contributed by atoms with E-state index in [1.54, 1.807) is 12.1 Å². The van der Waals surface area contributed by atoms with E-state index in [0.29, 0.717) is 10.8 Å². The van der Waals surface area contributed by atoms with Crippen molar-refractivity contribution >= 4 is 22.4 Å². The fourth-order valence-electron chi connectivity index (χ4n) is 1.22. The molecular weight excluding hydrogens is 242 g/mol. The largest absolute Gasteiger partial charge is 0.311 e. The second-order valence-electron chi connectivity index (χ2n) is 4.68. The van der Waals surface area contributed by atoms with E-state index in [0.717, 1.165) is 11.4 Å². The summed E-state index contributed by atoms with van der Waals surface area (Å²) >= 11 is 5.77. The molecule has 1 aromatic rings. The lowest BCUT2D eigenvalue weighted by Crippen LogP contribution is -2.38. The van der Waals surface area contributed by atoms with Crippen LogP contribution >= 0.6 is 11.6 Å². The molecule has 0 aliphatic heterocycles. The first-order valence-electron chi connectivity index (χ1n) is 5.27. The van der Waals surface area contributed by atoms with Crippen molar-refractivity contribution in [3.8, 4) is 0 Å². The monoisotopic (exact) mass is 259 g/mol. The second kappa shape index (κ2) is 5.80. The van der Waals surface area contributed by atoms with Gasteiger partial charge in [-0.05, 0) is 45.0 Å². The molecule has 1 N–H and O–H groups in total. The van der Waals surface area contributed by atoms with Crippen molar-refractivity contribution in [2.45, 2.75) is 31.2 Å². The average Bonchev–Trinajstić information content (AvgIpc) is 2.16. The van der Waals surface area contributed by atoms with Crippen LogP contribution in [0.1, 0.15) is 20.8 Å². The summed E-state index contributed by atoms with van der Waals surface area (Å²) in [7, 11) is -0.948. The lowest BCUT2D eigenvalue weighted by atomic mass is 10.1. The summed E-state index contributed by atoms with van der Waals surface area (Å²) < 4.78 is 11.9. The first-order valence-corrected chi connectivity index (χ1v) is 6.97. The Hall–Kier alpha value is -0.380. The summed E-state index contributed by atoms with van der Waals surface area (Å²) in [5, 5.41) is 3.99. The zero-order valence-corrected chi connectivity index (χ0v) is 11.5. The minimum absolute atomic E-state index is 0.0736. The molecule has 1 aromatic carbocycles. The number of benzene rings is 1. The highest BCUT2D eigenvalue weighted by atomic mass is 35.5. The zero-order valence-electron chi connectivity index (χ0n) is 9.92. The van der Waals surface area contributed by atoms with Gasteiger partial charge in [-0.3, -0.25) is 4.21 Å². The molecule has 1 rings (SSSR count). The van der Waals surface area contributed by atoms with Crippen molar-refractivity contribution in [1.29, 1.82) is 0 Å². The predicted octanol–water partition coefficient (Wildman–Crippen LogP) is 2.84. The Bertz CT molecular complexity index is 356. The Labute approximate surface area is 105 Å². The van der Waals surface area contributed by atoms with Gasteiger partial charge in [-0.25, -0.2) is 0 Å². The summed E-state index contributed by atoms with van der Waals surface area (Å²) in [6.07, 6.45) is 0. The number of nitrogens with one attached hydrogen (secondary N) is 1. The molecule has 0 radical (unpaired) electrons. The van der Waals surface area contributed by atoms with Gasteiger partial charge in [0.05, 0.1) is 10.8 Å². The van der Waals surface area contributed by atoms with E-state index in [1.807, 2.05) is 12.1 Å². The smallest absolute Gasteiger partial charge is 0.0542 e. The van der Waals surface area contributed by atoms with Gasteiger partial charge in [0, 0.05) is 27.8 Å². The number of rotatable bonds is 4. The van der Waals surface area contributed by atoms with Crippen molar-refractivity contribution in [2.24, 2.45) is 0 Å². The maximum absolute atomic E-state index is 11.9. The highest BCUT2D eigenvalue weighted by Crippen LogP contribution is 2.12. The van der Waals surface area contributed by atoms with Crippen LogP contribution in [0.15, 0.2) is 29.2 Å². The molecule has 4 heteroatoms. The van der Waals surface area contributed by atoms with Gasteiger partial charge in [0.1, 0.15) is 0 Å². The molecule has 90 valence electrons. The van der Waals surface area contributed by atoms with Gasteiger partial charge >= 0.3 is 0 Å². The topological polar surface area (TPSA) is 29.1 Å². The molecule has 0 heterocycles. The van der Waals surface area contributed by atoms with E-state index in [4.69, 9.17) is 11.6 Å². The summed E-state index contributed by atoms with van der Waals surface area (Å²) in [6.45, 7) is 7.04. The van der Waals surface area contributed by atoms with Gasteiger partial charge in [0.25, 0.3) is 0 Å². The Kier molecular flexibility index (Phi) is 4.96. The van der Waals surface area contributed by atoms with Crippen LogP contribution in [0.25, 0.3) is 0 Å². The molecule has 0 bridgehead atoms. The second-order valence-corrected chi connectivity index (χ2v) is 6.69. The highest BCUT2D eigenvalue weighted by Gasteiger charge is 2.09. The maximum Gasteiger partial charge on any atom is 0.0542 e. The van der Waals surface area contributed by atoms with Crippen molar-refractivity contribution < 1.29 is 4.21 Å². The Morgan fingerprint density at radius 2 is 1.81 bits per heavy atom. The third-order valence-electron chi connectivity index (χ3n) is 2.02. The van der Waals surface area contributed by atoms with Crippen LogP contribution in [0.3, 0.4) is 0 Å². The van der Waals surface area contributed by atoms with Crippen LogP contribution in [-0.4, -0.2) is 22.0 Å². The van der Waals surface area contributed by atoms with Crippen LogP contribution < -0.4 is 5.32 Å². The van der Waals surface area contributed by atoms with Crippen LogP contribution in [0.4, 0.5) is 0 Å². The first-order chi connectivity index (χ1) is 7.38. The average molecular weight is 260 g/mol. The molecule has 0 aromatic heterocycles. The van der Waals surface area contributed by atoms with Gasteiger partial charge in [-0.1, -0.05) is 11.6 Å². The van der Waals surface area contributed by atoms with Crippen LogP contribution in [-0.2, 0) is 10.8 Å². The number of halogens is 1. The first kappa shape index (κ1) is 13.7. The quantitative estimate of drug-likeness (QED) is 0.901. The zero-order chi connectivity index (χ0) is 12.2. The molecule has 1 atom stereocenters. The third-order valence-corrected chi connectivity index (χ3v) is 3.64. The minimum atomic E-state index is -0.948. The minimum Gasteiger partial charge on any atom is -0.311 e. The molecule has 0 amide bonds. The lowest BCUT2D eigenvalue weighted by molar-refractivity contribution is 0.440. The van der Waals surface area contributed by atoms with Gasteiger partial charge in [0.2, 0.25) is 0 Å². The summed E-state index contributed by atoms with van der Waals surface area (Å²) in [4.78, 5) is 0.833. The molecule has 2 nitrogen and oxygen atoms in total. The van der Waals surface area contributed by atoms with Gasteiger partial charge in [-0.15, -0.1) is 0 Å². The number of hydrogen-bond acceptors (Lipinski definition) is 2. The van der Waals surface area contributed by atoms with Crippen LogP contribution in [0, 0.1) is 0 Å². The standard InChI is InChI=1S/C12H18ClNOS/c1-12(2,3)14-8-9-16(15)11-6-4-10(13)5-7-11/h4-7,14H,8-9H2,1-3H3. The van der Waals surface area contributed by atoms with Crippen molar-refractivity contribution in [1.82, 2.24) is 5.32 Å². The van der Waals surface area contributed by atoms with E-state index in [2.05, 4.69) is 26.1 Å². The summed E-state index contributed by atoms with van der Waals surface area (Å²) in [5.74, 6) is 0.624. The van der Waals surface area contributed by atoms with Crippen molar-refractivity contribution in [3.63, 3.8) is 0 Å². The van der Waals surface area contributed by atoms with E-state index in [9.17, 15) is 4.21 Å².